The summed E-state index contributed by atoms with van der Waals surface area (Å²) in [5.74, 6) is -1.43. The minimum Gasteiger partial charge on any atom is -0.465 e. The molecule has 0 unspecified atom stereocenters. The molecule has 1 aliphatic rings. The van der Waals surface area contributed by atoms with Gasteiger partial charge in [-0.1, -0.05) is 90.5 Å². The number of carboxylic acid groups (broad SMARTS) is 1. The van der Waals surface area contributed by atoms with Crippen LogP contribution in [0, 0.1) is 0 Å². The number of halogens is 1. The molecule has 1 fully saturated rings. The van der Waals surface area contributed by atoms with Crippen LogP contribution < -0.4 is 10.6 Å². The van der Waals surface area contributed by atoms with Gasteiger partial charge in [-0.2, -0.15) is 0 Å². The maximum atomic E-state index is 14.1. The Kier molecular flexibility index (Phi) is 12.1. The van der Waals surface area contributed by atoms with Crippen LogP contribution in [0.15, 0.2) is 114 Å². The summed E-state index contributed by atoms with van der Waals surface area (Å²) in [6.45, 7) is -0.0355. The number of rotatable bonds is 12. The molecule has 3 atom stereocenters. The number of alkyl carbamates (subject to hydrolysis) is 1. The molecule has 50 heavy (non-hydrogen) atoms. The lowest BCUT2D eigenvalue weighted by Crippen LogP contribution is -2.51. The van der Waals surface area contributed by atoms with Crippen LogP contribution in [0.5, 0.6) is 0 Å². The number of carbonyl (C=O) groups excluding carboxylic acids is 2. The van der Waals surface area contributed by atoms with Crippen LogP contribution in [0.4, 0.5) is 15.3 Å². The van der Waals surface area contributed by atoms with Gasteiger partial charge in [-0.25, -0.2) is 18.0 Å². The lowest BCUT2D eigenvalue weighted by molar-refractivity contribution is -0.118. The van der Waals surface area contributed by atoms with Crippen molar-refractivity contribution in [3.05, 3.63) is 131 Å². The Balaban J connectivity index is 1.34. The summed E-state index contributed by atoms with van der Waals surface area (Å²) in [6.07, 6.45) is -2.71. The summed E-state index contributed by atoms with van der Waals surface area (Å²) in [7, 11) is -2.56. The highest BCUT2D eigenvalue weighted by Gasteiger charge is 2.35. The van der Waals surface area contributed by atoms with Gasteiger partial charge in [0.05, 0.1) is 43.1 Å². The Morgan fingerprint density at radius 1 is 0.880 bits per heavy atom. The smallest absolute Gasteiger partial charge is 0.407 e. The SMILES string of the molecule is COC(=O)N[C@H](C(=O)Nc1ccccc1CC[C@@H]1CN(C(=O)O)C[C@@H](CS(=O)(=O)c2ccc(Cl)cc2)O1)C(c1ccccc1)c1ccccc1. The molecule has 0 saturated carbocycles. The van der Waals surface area contributed by atoms with Crippen molar-refractivity contribution >= 4 is 45.2 Å². The van der Waals surface area contributed by atoms with Gasteiger partial charge in [0.1, 0.15) is 6.04 Å². The highest BCUT2D eigenvalue weighted by atomic mass is 35.5. The third-order valence-electron chi connectivity index (χ3n) is 8.48. The predicted molar refractivity (Wildman–Crippen MR) is 189 cm³/mol. The summed E-state index contributed by atoms with van der Waals surface area (Å²) in [5, 5.41) is 15.9. The molecule has 1 saturated heterocycles. The van der Waals surface area contributed by atoms with Gasteiger partial charge in [0.15, 0.2) is 9.84 Å². The number of hydrogen-bond donors (Lipinski definition) is 3. The zero-order chi connectivity index (χ0) is 35.7. The quantitative estimate of drug-likeness (QED) is 0.162. The van der Waals surface area contributed by atoms with E-state index >= 15 is 0 Å². The van der Waals surface area contributed by atoms with E-state index in [9.17, 15) is 27.9 Å². The first kappa shape index (κ1) is 36.4. The minimum atomic E-state index is -3.79. The second-order valence-corrected chi connectivity index (χ2v) is 14.4. The number of hydrogen-bond acceptors (Lipinski definition) is 7. The van der Waals surface area contributed by atoms with Crippen molar-refractivity contribution in [2.24, 2.45) is 0 Å². The number of methoxy groups -OCH3 is 1. The third-order valence-corrected chi connectivity index (χ3v) is 10.5. The molecule has 0 spiro atoms. The topological polar surface area (TPSA) is 151 Å². The molecule has 4 aromatic carbocycles. The molecule has 0 aliphatic carbocycles. The summed E-state index contributed by atoms with van der Waals surface area (Å²) in [4.78, 5) is 39.9. The van der Waals surface area contributed by atoms with E-state index in [1.54, 1.807) is 12.1 Å². The van der Waals surface area contributed by atoms with Crippen LogP contribution in [0.25, 0.3) is 0 Å². The van der Waals surface area contributed by atoms with E-state index < -0.39 is 57.9 Å². The highest BCUT2D eigenvalue weighted by Crippen LogP contribution is 2.30. The lowest BCUT2D eigenvalue weighted by Gasteiger charge is -2.36. The van der Waals surface area contributed by atoms with Crippen LogP contribution in [0.3, 0.4) is 0 Å². The van der Waals surface area contributed by atoms with E-state index in [-0.39, 0.29) is 18.0 Å². The molecule has 0 aromatic heterocycles. The van der Waals surface area contributed by atoms with Crippen molar-refractivity contribution in [3.8, 4) is 0 Å². The van der Waals surface area contributed by atoms with Crippen molar-refractivity contribution in [3.63, 3.8) is 0 Å². The third kappa shape index (κ3) is 9.41. The summed E-state index contributed by atoms with van der Waals surface area (Å²) >= 11 is 5.92. The summed E-state index contributed by atoms with van der Waals surface area (Å²) < 4.78 is 37.3. The van der Waals surface area contributed by atoms with Gasteiger partial charge in [0.25, 0.3) is 0 Å². The molecule has 0 bridgehead atoms. The van der Waals surface area contributed by atoms with Crippen molar-refractivity contribution in [2.75, 3.05) is 31.3 Å². The Morgan fingerprint density at radius 3 is 2.06 bits per heavy atom. The van der Waals surface area contributed by atoms with Crippen molar-refractivity contribution < 1.29 is 37.4 Å². The standard InChI is InChI=1S/C37H38ClN3O8S/c1-48-36(43)40-34(33(26-11-4-2-5-12-26)27-13-6-3-7-14-27)35(42)39-32-15-9-8-10-25(32)16-19-29-22-41(37(44)45)23-30(49-29)24-50(46,47)31-20-17-28(38)18-21-31/h2-15,17-18,20-21,29-30,33-34H,16,19,22-24H2,1H3,(H,39,42)(H,40,43)(H,44,45)/t29-,30+,34+/m1/s1. The molecule has 3 amide bonds. The number of morpholine rings is 1. The maximum Gasteiger partial charge on any atom is 0.407 e. The van der Waals surface area contributed by atoms with Crippen LogP contribution in [-0.2, 0) is 30.5 Å². The van der Waals surface area contributed by atoms with E-state index in [1.807, 2.05) is 72.8 Å². The minimum absolute atomic E-state index is 0.0578. The molecule has 3 N–H and O–H groups in total. The number of carbonyl (C=O) groups is 3. The fourth-order valence-corrected chi connectivity index (χ4v) is 7.63. The van der Waals surface area contributed by atoms with Crippen LogP contribution in [0.1, 0.15) is 29.0 Å². The second kappa shape index (κ2) is 16.7. The van der Waals surface area contributed by atoms with E-state index in [0.29, 0.717) is 23.6 Å². The molecule has 0 radical (unpaired) electrons. The van der Waals surface area contributed by atoms with E-state index in [1.165, 1.54) is 36.3 Å². The van der Waals surface area contributed by atoms with Gasteiger partial charge >= 0.3 is 12.2 Å². The molecular formula is C37H38ClN3O8S. The molecule has 5 rings (SSSR count). The van der Waals surface area contributed by atoms with Crippen LogP contribution in [0.2, 0.25) is 5.02 Å². The van der Waals surface area contributed by atoms with Gasteiger partial charge in [0, 0.05) is 16.6 Å². The Labute approximate surface area is 296 Å². The highest BCUT2D eigenvalue weighted by molar-refractivity contribution is 7.91. The first-order chi connectivity index (χ1) is 24.0. The predicted octanol–water partition coefficient (Wildman–Crippen LogP) is 5.99. The average molecular weight is 720 g/mol. The first-order valence-electron chi connectivity index (χ1n) is 16.0. The Morgan fingerprint density at radius 2 is 1.46 bits per heavy atom. The Hall–Kier alpha value is -4.91. The Bertz CT molecular complexity index is 1840. The monoisotopic (exact) mass is 719 g/mol. The maximum absolute atomic E-state index is 14.1. The van der Waals surface area contributed by atoms with Crippen molar-refractivity contribution in [2.45, 2.75) is 41.9 Å². The number of amides is 3. The van der Waals surface area contributed by atoms with Gasteiger partial charge in [-0.15, -0.1) is 0 Å². The second-order valence-electron chi connectivity index (χ2n) is 11.9. The molecule has 11 nitrogen and oxygen atoms in total. The molecule has 262 valence electrons. The largest absolute Gasteiger partial charge is 0.465 e. The van der Waals surface area contributed by atoms with E-state index in [2.05, 4.69) is 10.6 Å². The number of nitrogens with zero attached hydrogens (tertiary/aromatic N) is 1. The number of anilines is 1. The average Bonchev–Trinajstić information content (AvgIpc) is 3.11. The lowest BCUT2D eigenvalue weighted by atomic mass is 9.84. The van der Waals surface area contributed by atoms with Crippen LogP contribution in [-0.4, -0.2) is 80.7 Å². The molecule has 1 heterocycles. The number of nitrogens with one attached hydrogen (secondary N) is 2. The van der Waals surface area contributed by atoms with E-state index in [4.69, 9.17) is 21.1 Å². The number of sulfone groups is 1. The normalized spacial score (nSPS) is 16.7. The first-order valence-corrected chi connectivity index (χ1v) is 18.0. The number of para-hydroxylation sites is 1. The fourth-order valence-electron chi connectivity index (χ4n) is 6.09. The van der Waals surface area contributed by atoms with Crippen molar-refractivity contribution in [1.29, 1.82) is 0 Å². The molecule has 4 aromatic rings. The van der Waals surface area contributed by atoms with Crippen LogP contribution >= 0.6 is 11.6 Å². The zero-order valence-electron chi connectivity index (χ0n) is 27.3. The van der Waals surface area contributed by atoms with Gasteiger partial charge < -0.3 is 30.1 Å². The zero-order valence-corrected chi connectivity index (χ0v) is 28.8. The molecule has 13 heteroatoms. The van der Waals surface area contributed by atoms with Gasteiger partial charge in [0.2, 0.25) is 5.91 Å². The summed E-state index contributed by atoms with van der Waals surface area (Å²) in [6, 6.07) is 30.7. The summed E-state index contributed by atoms with van der Waals surface area (Å²) in [5.41, 5.74) is 2.87. The number of ether oxygens (including phenoxy) is 2. The van der Waals surface area contributed by atoms with Crippen molar-refractivity contribution in [1.82, 2.24) is 10.2 Å². The fraction of sp³-hybridized carbons (Fsp3) is 0.270. The van der Waals surface area contributed by atoms with Gasteiger partial charge in [-0.05, 0) is 59.9 Å². The molecule has 1 aliphatic heterocycles. The number of benzene rings is 4. The number of aryl methyl sites for hydroxylation is 1. The molecular weight excluding hydrogens is 682 g/mol. The van der Waals surface area contributed by atoms with E-state index in [0.717, 1.165) is 16.7 Å². The van der Waals surface area contributed by atoms with Gasteiger partial charge in [-0.3, -0.25) is 4.79 Å².